The van der Waals surface area contributed by atoms with Gasteiger partial charge >= 0.3 is 77.9 Å². The summed E-state index contributed by atoms with van der Waals surface area (Å²) in [4.78, 5) is 104. The third-order valence-corrected chi connectivity index (χ3v) is 19.3. The first-order valence-electron chi connectivity index (χ1n) is 35.1. The van der Waals surface area contributed by atoms with Crippen molar-refractivity contribution in [3.8, 4) is 23.0 Å². The molecule has 0 aliphatic rings. The Morgan fingerprint density at radius 1 is 0.232 bits per heavy atom. The molecule has 0 bridgehead atoms. The monoisotopic (exact) mass is 2270 g/mol. The van der Waals surface area contributed by atoms with Crippen LogP contribution in [0.5, 0.6) is 23.0 Å². The molecule has 0 saturated carbocycles. The van der Waals surface area contributed by atoms with Crippen LogP contribution in [0.3, 0.4) is 0 Å². The predicted octanol–water partition coefficient (Wildman–Crippen LogP) is 19.0. The van der Waals surface area contributed by atoms with Gasteiger partial charge in [0.1, 0.15) is 54.3 Å². The molecular formula is C80H108I4N4O16P4Zn4. The molecule has 8 aromatic rings. The van der Waals surface area contributed by atoms with Crippen LogP contribution in [0.15, 0.2) is 97.1 Å². The first kappa shape index (κ1) is 117. The third kappa shape index (κ3) is 47.6. The molecule has 0 saturated heterocycles. The molecule has 112 heavy (non-hydrogen) atoms. The van der Waals surface area contributed by atoms with E-state index >= 15 is 0 Å². The van der Waals surface area contributed by atoms with Gasteiger partial charge in [-0.1, -0.05) is 111 Å². The van der Waals surface area contributed by atoms with Gasteiger partial charge in [-0.2, -0.15) is 0 Å². The average molecular weight is 2270 g/mol. The summed E-state index contributed by atoms with van der Waals surface area (Å²) in [6.07, 6.45) is 0. The molecule has 0 N–H and O–H groups in total. The molecule has 4 aromatic heterocycles. The van der Waals surface area contributed by atoms with Gasteiger partial charge in [-0.3, -0.25) is 19.9 Å². The van der Waals surface area contributed by atoms with E-state index in [2.05, 4.69) is 205 Å². The quantitative estimate of drug-likeness (QED) is 0.0492. The van der Waals surface area contributed by atoms with E-state index < -0.39 is 31.3 Å². The predicted molar refractivity (Wildman–Crippen MR) is 456 cm³/mol. The standard InChI is InChI=1S/4C12H18IO4P.4C8H11N.4Zn/c4*1-7(2)10-5-9(13)6-11(8(3)4)12(10)17-18(14,15)16;4*1-6-4-7(2)9-8(3)5-6;;;;/h4*5-8H,1-4H3,(H2,14,15,16);4*4-5H,1-3H3;;;;/q;;;;;;;;4*+2/p-8. The number of nitrogens with zero attached hydrogens (tertiary/aromatic N) is 4. The van der Waals surface area contributed by atoms with Crippen molar-refractivity contribution < 1.29 is 153 Å². The van der Waals surface area contributed by atoms with Gasteiger partial charge < -0.3 is 75.5 Å². The number of aryl methyl sites for hydroxylation is 12. The molecule has 8 rings (SSSR count). The molecule has 0 spiro atoms. The normalized spacial score (nSPS) is 11.0. The molecule has 0 fully saturated rings. The molecule has 20 nitrogen and oxygen atoms in total. The molecule has 32 heteroatoms. The van der Waals surface area contributed by atoms with Gasteiger partial charge in [-0.25, -0.2) is 0 Å². The Morgan fingerprint density at radius 2 is 0.330 bits per heavy atom. The number of benzene rings is 4. The number of pyridine rings is 4. The van der Waals surface area contributed by atoms with Crippen molar-refractivity contribution in [3.63, 3.8) is 0 Å². The van der Waals surface area contributed by atoms with Crippen molar-refractivity contribution in [2.75, 3.05) is 0 Å². The number of halogens is 4. The maximum absolute atomic E-state index is 10.9. The molecule has 4 aromatic carbocycles. The molecule has 0 radical (unpaired) electrons. The molecule has 600 valence electrons. The second-order valence-corrected chi connectivity index (χ2v) is 38.0. The number of aromatic nitrogens is 4. The fraction of sp³-hybridized carbons (Fsp3) is 0.450. The molecule has 0 aliphatic carbocycles. The number of phosphoric ester groups is 4. The minimum atomic E-state index is -5.04. The summed E-state index contributed by atoms with van der Waals surface area (Å²) in [6, 6.07) is 31.4. The molecule has 0 aliphatic heterocycles. The zero-order valence-electron chi connectivity index (χ0n) is 70.3. The Kier molecular flexibility index (Phi) is 56.6. The van der Waals surface area contributed by atoms with Crippen LogP contribution < -0.4 is 57.2 Å². The van der Waals surface area contributed by atoms with E-state index in [0.29, 0.717) is 0 Å². The van der Waals surface area contributed by atoms with E-state index in [-0.39, 0.29) is 148 Å². The van der Waals surface area contributed by atoms with Crippen LogP contribution in [0.25, 0.3) is 0 Å². The van der Waals surface area contributed by atoms with E-state index in [9.17, 15) is 57.4 Å². The Morgan fingerprint density at radius 3 is 0.402 bits per heavy atom. The maximum atomic E-state index is 10.9. The van der Waals surface area contributed by atoms with Crippen molar-refractivity contribution >= 4 is 122 Å². The van der Waals surface area contributed by atoms with E-state index in [1.807, 2.05) is 215 Å². The number of hydrogen-bond acceptors (Lipinski definition) is 20. The number of phosphoric acid groups is 4. The van der Waals surface area contributed by atoms with Gasteiger partial charge in [0, 0.05) is 59.8 Å². The summed E-state index contributed by atoms with van der Waals surface area (Å²) in [6.45, 7) is 55.4. The van der Waals surface area contributed by atoms with Crippen molar-refractivity contribution in [2.45, 2.75) is 241 Å². The van der Waals surface area contributed by atoms with Crippen LogP contribution in [-0.2, 0) is 96.2 Å². The summed E-state index contributed by atoms with van der Waals surface area (Å²) >= 11 is 8.68. The third-order valence-electron chi connectivity index (χ3n) is 15.1. The minimum absolute atomic E-state index is 0. The SMILES string of the molecule is CC(C)c1cc(I)cc(C(C)C)c1OP(=O)([O-])[O-].CC(C)c1cc(I)cc(C(C)C)c1OP(=O)([O-])[O-].CC(C)c1cc(I)cc(C(C)C)c1OP(=O)([O-])[O-].CC(C)c1cc(I)cc(C(C)C)c1OP(=O)([O-])[O-].Cc1cc(C)nc(C)c1.Cc1cc(C)nc(C)c1.Cc1cc(C)nc(C)c1.Cc1cc(C)nc(C)c1.[Zn+2].[Zn+2].[Zn+2].[Zn+2]. The first-order valence-corrected chi connectivity index (χ1v) is 45.2. The fourth-order valence-electron chi connectivity index (χ4n) is 11.0. The zero-order chi connectivity index (χ0) is 83.8. The van der Waals surface area contributed by atoms with Gasteiger partial charge in [-0.05, 0) is 385 Å². The topological polar surface area (TPSA) is 341 Å². The molecule has 0 amide bonds. The van der Waals surface area contributed by atoms with Crippen molar-refractivity contribution in [1.82, 2.24) is 19.9 Å². The number of hydrogen-bond donors (Lipinski definition) is 0. The van der Waals surface area contributed by atoms with Crippen molar-refractivity contribution in [1.29, 1.82) is 0 Å². The molecule has 4 heterocycles. The minimum Gasteiger partial charge on any atom is -0.780 e. The summed E-state index contributed by atoms with van der Waals surface area (Å²) in [5, 5.41) is 0. The van der Waals surface area contributed by atoms with Crippen molar-refractivity contribution in [2.24, 2.45) is 0 Å². The smallest absolute Gasteiger partial charge is 0.780 e. The van der Waals surface area contributed by atoms with Crippen molar-refractivity contribution in [3.05, 3.63) is 224 Å². The molecule has 0 unspecified atom stereocenters. The maximum Gasteiger partial charge on any atom is 2.00 e. The van der Waals surface area contributed by atoms with Crippen LogP contribution >= 0.6 is 122 Å². The van der Waals surface area contributed by atoms with Crippen LogP contribution in [0.4, 0.5) is 0 Å². The Labute approximate surface area is 773 Å². The Hall–Kier alpha value is -1.31. The largest absolute Gasteiger partial charge is 2.00 e. The average Bonchev–Trinajstić information content (AvgIpc) is 0.819. The van der Waals surface area contributed by atoms with Gasteiger partial charge in [0.25, 0.3) is 0 Å². The molecule has 0 atom stereocenters. The van der Waals surface area contributed by atoms with Crippen LogP contribution in [-0.4, -0.2) is 19.9 Å². The Bertz CT molecular complexity index is 3590. The van der Waals surface area contributed by atoms with Crippen LogP contribution in [0, 0.1) is 97.4 Å². The Balaban J connectivity index is -0.000000602. The summed E-state index contributed by atoms with van der Waals surface area (Å²) in [7, 11) is -20.2. The first-order chi connectivity index (χ1) is 49.2. The summed E-state index contributed by atoms with van der Waals surface area (Å²) in [5.41, 5.74) is 20.0. The number of rotatable bonds is 16. The zero-order valence-corrected chi connectivity index (χ0v) is 94.4. The van der Waals surface area contributed by atoms with Gasteiger partial charge in [0.2, 0.25) is 0 Å². The second-order valence-electron chi connectivity index (χ2n) is 28.8. The second kappa shape index (κ2) is 54.2. The van der Waals surface area contributed by atoms with Gasteiger partial charge in [0.15, 0.2) is 0 Å². The summed E-state index contributed by atoms with van der Waals surface area (Å²) < 4.78 is 66.3. The summed E-state index contributed by atoms with van der Waals surface area (Å²) in [5.74, 6) is 1.47. The van der Waals surface area contributed by atoms with E-state index in [1.54, 1.807) is 0 Å². The van der Waals surface area contributed by atoms with E-state index in [0.717, 1.165) is 104 Å². The van der Waals surface area contributed by atoms with E-state index in [4.69, 9.17) is 0 Å². The van der Waals surface area contributed by atoms with E-state index in [1.165, 1.54) is 22.3 Å². The van der Waals surface area contributed by atoms with Crippen LogP contribution in [0.1, 0.15) is 270 Å². The molecular weight excluding hydrogens is 2170 g/mol. The van der Waals surface area contributed by atoms with Gasteiger partial charge in [-0.15, -0.1) is 0 Å². The van der Waals surface area contributed by atoms with Gasteiger partial charge in [0.05, 0.1) is 0 Å². The van der Waals surface area contributed by atoms with Crippen LogP contribution in [0.2, 0.25) is 0 Å². The fourth-order valence-corrected chi connectivity index (χ4v) is 15.4.